The number of amides is 1. The summed E-state index contributed by atoms with van der Waals surface area (Å²) >= 11 is 0. The van der Waals surface area contributed by atoms with Gasteiger partial charge in [0, 0.05) is 12.4 Å². The third kappa shape index (κ3) is 3.02. The van der Waals surface area contributed by atoms with Crippen molar-refractivity contribution in [3.05, 3.63) is 64.4 Å². The van der Waals surface area contributed by atoms with Crippen LogP contribution in [-0.2, 0) is 11.8 Å². The maximum Gasteiger partial charge on any atom is 0.322 e. The minimum atomic E-state index is -1.25. The Bertz CT molecular complexity index is 1070. The predicted molar refractivity (Wildman–Crippen MR) is 96.3 cm³/mol. The van der Waals surface area contributed by atoms with Gasteiger partial charge in [0.05, 0.1) is 5.52 Å². The van der Waals surface area contributed by atoms with Gasteiger partial charge in [0.1, 0.15) is 17.9 Å². The Morgan fingerprint density at radius 2 is 1.77 bits per heavy atom. The molecule has 2 aromatic carbocycles. The Hall–Kier alpha value is -3.61. The number of aromatic hydroxyl groups is 1. The third-order valence-electron chi connectivity index (χ3n) is 4.10. The molecule has 0 aliphatic carbocycles. The van der Waals surface area contributed by atoms with E-state index in [1.165, 1.54) is 11.6 Å². The van der Waals surface area contributed by atoms with Gasteiger partial charge in [-0.2, -0.15) is 0 Å². The third-order valence-corrected chi connectivity index (χ3v) is 4.10. The first-order valence-corrected chi connectivity index (χ1v) is 7.81. The van der Waals surface area contributed by atoms with E-state index in [9.17, 15) is 19.5 Å². The number of carbonyl (C=O) groups excluding carboxylic acids is 1. The van der Waals surface area contributed by atoms with Crippen LogP contribution in [0.3, 0.4) is 0 Å². The monoisotopic (exact) mass is 352 g/mol. The molecule has 26 heavy (non-hydrogen) atoms. The lowest BCUT2D eigenvalue weighted by atomic mass is 10.0. The van der Waals surface area contributed by atoms with Gasteiger partial charge in [-0.25, -0.2) is 0 Å². The van der Waals surface area contributed by atoms with E-state index in [4.69, 9.17) is 5.11 Å². The molecule has 1 aromatic heterocycles. The molecule has 0 fully saturated rings. The highest BCUT2D eigenvalue weighted by Gasteiger charge is 2.21. The van der Waals surface area contributed by atoms with Gasteiger partial charge in [-0.3, -0.25) is 14.4 Å². The molecule has 132 valence electrons. The second-order valence-electron chi connectivity index (χ2n) is 5.76. The van der Waals surface area contributed by atoms with E-state index in [0.717, 1.165) is 11.1 Å². The molecular formula is C19H16N2O5. The predicted octanol–water partition coefficient (Wildman–Crippen LogP) is 1.73. The van der Waals surface area contributed by atoms with Crippen LogP contribution in [0.5, 0.6) is 5.75 Å². The number of aromatic nitrogens is 1. The van der Waals surface area contributed by atoms with Crippen LogP contribution in [0.2, 0.25) is 0 Å². The Morgan fingerprint density at radius 3 is 2.42 bits per heavy atom. The van der Waals surface area contributed by atoms with Crippen LogP contribution in [0.15, 0.2) is 53.3 Å². The zero-order chi connectivity index (χ0) is 18.8. The molecular weight excluding hydrogens is 336 g/mol. The topological polar surface area (TPSA) is 109 Å². The number of rotatable bonds is 4. The molecule has 0 atom stereocenters. The van der Waals surface area contributed by atoms with Gasteiger partial charge in [-0.1, -0.05) is 36.4 Å². The normalized spacial score (nSPS) is 10.7. The van der Waals surface area contributed by atoms with Crippen molar-refractivity contribution in [1.29, 1.82) is 0 Å². The summed E-state index contributed by atoms with van der Waals surface area (Å²) in [6.07, 6.45) is 0. The maximum absolute atomic E-state index is 12.4. The number of carboxylic acids is 1. The van der Waals surface area contributed by atoms with E-state index < -0.39 is 35.3 Å². The summed E-state index contributed by atoms with van der Waals surface area (Å²) in [5.74, 6) is -2.65. The Morgan fingerprint density at radius 1 is 1.08 bits per heavy atom. The number of benzene rings is 2. The molecule has 0 radical (unpaired) electrons. The number of carbonyl (C=O) groups is 2. The van der Waals surface area contributed by atoms with Crippen LogP contribution in [0, 0.1) is 0 Å². The summed E-state index contributed by atoms with van der Waals surface area (Å²) in [7, 11) is 1.49. The van der Waals surface area contributed by atoms with Crippen LogP contribution < -0.4 is 10.9 Å². The first-order chi connectivity index (χ1) is 12.4. The van der Waals surface area contributed by atoms with Crippen LogP contribution in [0.4, 0.5) is 0 Å². The molecule has 3 rings (SSSR count). The highest BCUT2D eigenvalue weighted by atomic mass is 16.4. The zero-order valence-corrected chi connectivity index (χ0v) is 13.9. The average molecular weight is 352 g/mol. The number of hydrogen-bond donors (Lipinski definition) is 3. The van der Waals surface area contributed by atoms with Gasteiger partial charge in [-0.05, 0) is 23.3 Å². The van der Waals surface area contributed by atoms with Crippen LogP contribution in [0.25, 0.3) is 22.0 Å². The number of aryl methyl sites for hydroxylation is 1. The molecule has 0 aliphatic rings. The van der Waals surface area contributed by atoms with Gasteiger partial charge in [-0.15, -0.1) is 0 Å². The van der Waals surface area contributed by atoms with Crippen molar-refractivity contribution in [3.8, 4) is 16.9 Å². The maximum atomic E-state index is 12.4. The number of pyridine rings is 1. The van der Waals surface area contributed by atoms with Crippen LogP contribution in [-0.4, -0.2) is 33.2 Å². The van der Waals surface area contributed by atoms with Gasteiger partial charge >= 0.3 is 5.97 Å². The fourth-order valence-corrected chi connectivity index (χ4v) is 2.79. The molecule has 0 bridgehead atoms. The number of aliphatic carboxylic acids is 1. The summed E-state index contributed by atoms with van der Waals surface area (Å²) < 4.78 is 1.25. The fourth-order valence-electron chi connectivity index (χ4n) is 2.79. The highest BCUT2D eigenvalue weighted by molar-refractivity contribution is 6.03. The van der Waals surface area contributed by atoms with Crippen molar-refractivity contribution >= 4 is 22.8 Å². The number of nitrogens with one attached hydrogen (secondary N) is 1. The van der Waals surface area contributed by atoms with Crippen LogP contribution >= 0.6 is 0 Å². The van der Waals surface area contributed by atoms with Gasteiger partial charge in [0.15, 0.2) is 0 Å². The van der Waals surface area contributed by atoms with Crippen molar-refractivity contribution in [2.75, 3.05) is 6.54 Å². The number of hydrogen-bond acceptors (Lipinski definition) is 4. The second kappa shape index (κ2) is 6.72. The van der Waals surface area contributed by atoms with E-state index >= 15 is 0 Å². The second-order valence-corrected chi connectivity index (χ2v) is 5.76. The highest BCUT2D eigenvalue weighted by Crippen LogP contribution is 2.30. The van der Waals surface area contributed by atoms with Crippen molar-refractivity contribution in [2.45, 2.75) is 0 Å². The number of fused-ring (bicyclic) bond motifs is 1. The Kier molecular flexibility index (Phi) is 4.45. The Balaban J connectivity index is 2.19. The Labute approximate surface area is 148 Å². The SMILES string of the molecule is Cn1c(=O)c(C(=O)NCC(=O)O)c(O)c2cc(-c3ccccc3)ccc21. The number of carboxylic acid groups (broad SMARTS) is 1. The minimum Gasteiger partial charge on any atom is -0.506 e. The molecule has 0 saturated carbocycles. The molecule has 0 saturated heterocycles. The lowest BCUT2D eigenvalue weighted by molar-refractivity contribution is -0.135. The minimum absolute atomic E-state index is 0.328. The van der Waals surface area contributed by atoms with E-state index in [-0.39, 0.29) is 0 Å². The molecule has 1 heterocycles. The summed E-state index contributed by atoms with van der Waals surface area (Å²) in [6.45, 7) is -0.649. The van der Waals surface area contributed by atoms with Crippen molar-refractivity contribution in [2.24, 2.45) is 7.05 Å². The van der Waals surface area contributed by atoms with Gasteiger partial charge in [0.2, 0.25) is 0 Å². The van der Waals surface area contributed by atoms with E-state index in [1.807, 2.05) is 36.4 Å². The molecule has 0 aliphatic heterocycles. The fraction of sp³-hybridized carbons (Fsp3) is 0.105. The van der Waals surface area contributed by atoms with Crippen LogP contribution in [0.1, 0.15) is 10.4 Å². The molecule has 3 aromatic rings. The summed E-state index contributed by atoms with van der Waals surface area (Å²) in [4.78, 5) is 35.3. The first-order valence-electron chi connectivity index (χ1n) is 7.81. The molecule has 0 unspecified atom stereocenters. The first kappa shape index (κ1) is 17.2. The quantitative estimate of drug-likeness (QED) is 0.662. The smallest absolute Gasteiger partial charge is 0.322 e. The standard InChI is InChI=1S/C19H16N2O5/c1-21-14-8-7-12(11-5-3-2-4-6-11)9-13(14)17(24)16(19(21)26)18(25)20-10-15(22)23/h2-9,24H,10H2,1H3,(H,20,25)(H,22,23). The summed E-state index contributed by atoms with van der Waals surface area (Å²) in [6, 6.07) is 14.7. The van der Waals surface area contributed by atoms with Gasteiger partial charge in [0.25, 0.3) is 11.5 Å². The van der Waals surface area contributed by atoms with Crippen molar-refractivity contribution in [3.63, 3.8) is 0 Å². The zero-order valence-electron chi connectivity index (χ0n) is 13.9. The summed E-state index contributed by atoms with van der Waals surface area (Å²) in [5.41, 5.74) is 1.00. The average Bonchev–Trinajstić information content (AvgIpc) is 2.65. The molecule has 1 amide bonds. The van der Waals surface area contributed by atoms with E-state index in [0.29, 0.717) is 10.9 Å². The van der Waals surface area contributed by atoms with Crippen molar-refractivity contribution < 1.29 is 19.8 Å². The molecule has 7 nitrogen and oxygen atoms in total. The number of nitrogens with zero attached hydrogens (tertiary/aromatic N) is 1. The molecule has 0 spiro atoms. The van der Waals surface area contributed by atoms with E-state index in [1.54, 1.807) is 12.1 Å². The largest absolute Gasteiger partial charge is 0.506 e. The van der Waals surface area contributed by atoms with Crippen molar-refractivity contribution in [1.82, 2.24) is 9.88 Å². The summed E-state index contributed by atoms with van der Waals surface area (Å²) in [5, 5.41) is 21.7. The lowest BCUT2D eigenvalue weighted by Crippen LogP contribution is -2.35. The van der Waals surface area contributed by atoms with E-state index in [2.05, 4.69) is 5.32 Å². The molecule has 3 N–H and O–H groups in total. The molecule has 7 heteroatoms. The van der Waals surface area contributed by atoms with Gasteiger partial charge < -0.3 is 20.1 Å². The lowest BCUT2D eigenvalue weighted by Gasteiger charge is -2.13.